The summed E-state index contributed by atoms with van der Waals surface area (Å²) in [5.41, 5.74) is 5.20. The van der Waals surface area contributed by atoms with E-state index in [-0.39, 0.29) is 24.2 Å². The quantitative estimate of drug-likeness (QED) is 0.521. The zero-order valence-corrected chi connectivity index (χ0v) is 12.9. The van der Waals surface area contributed by atoms with Crippen molar-refractivity contribution in [1.29, 1.82) is 0 Å². The number of non-ortho nitro benzene ring substituents is 1. The maximum Gasteiger partial charge on any atom is 0.337 e. The van der Waals surface area contributed by atoms with E-state index in [1.54, 1.807) is 12.1 Å². The molecular weight excluding hydrogens is 308 g/mol. The highest BCUT2D eigenvalue weighted by Gasteiger charge is 2.38. The van der Waals surface area contributed by atoms with Gasteiger partial charge in [0.1, 0.15) is 6.61 Å². The van der Waals surface area contributed by atoms with E-state index >= 15 is 0 Å². The number of nitro benzene ring substituents is 1. The summed E-state index contributed by atoms with van der Waals surface area (Å²) in [6.45, 7) is 2.22. The summed E-state index contributed by atoms with van der Waals surface area (Å²) >= 11 is 0. The van der Waals surface area contributed by atoms with Crippen molar-refractivity contribution in [2.24, 2.45) is 0 Å². The average molecular weight is 322 g/mol. The molecule has 1 unspecified atom stereocenters. The van der Waals surface area contributed by atoms with Crippen LogP contribution in [-0.4, -0.2) is 17.5 Å². The van der Waals surface area contributed by atoms with Crippen LogP contribution in [-0.2, 0) is 9.53 Å². The Morgan fingerprint density at radius 1 is 1.21 bits per heavy atom. The number of carbonyl (C=O) groups is 1. The van der Waals surface area contributed by atoms with Crippen molar-refractivity contribution in [3.63, 3.8) is 0 Å². The lowest BCUT2D eigenvalue weighted by atomic mass is 9.80. The highest BCUT2D eigenvalue weighted by molar-refractivity contribution is 5.97. The maximum atomic E-state index is 12.2. The van der Waals surface area contributed by atoms with Crippen molar-refractivity contribution in [2.75, 3.05) is 11.9 Å². The van der Waals surface area contributed by atoms with Crippen LogP contribution < -0.4 is 5.32 Å². The molecule has 0 saturated heterocycles. The lowest BCUT2D eigenvalue weighted by molar-refractivity contribution is -0.384. The molecule has 2 heterocycles. The monoisotopic (exact) mass is 322 g/mol. The summed E-state index contributed by atoms with van der Waals surface area (Å²) in [6, 6.07) is 12.4. The van der Waals surface area contributed by atoms with Crippen molar-refractivity contribution in [3.05, 3.63) is 80.5 Å². The van der Waals surface area contributed by atoms with Crippen LogP contribution in [0.3, 0.4) is 0 Å². The number of nitro groups is 1. The molecule has 0 bridgehead atoms. The summed E-state index contributed by atoms with van der Waals surface area (Å²) < 4.78 is 5.19. The topological polar surface area (TPSA) is 81.5 Å². The molecule has 2 aliphatic rings. The molecule has 0 saturated carbocycles. The van der Waals surface area contributed by atoms with Crippen LogP contribution >= 0.6 is 0 Å². The Labute approximate surface area is 137 Å². The van der Waals surface area contributed by atoms with Crippen molar-refractivity contribution in [3.8, 4) is 0 Å². The minimum atomic E-state index is -0.432. The predicted molar refractivity (Wildman–Crippen MR) is 87.7 cm³/mol. The van der Waals surface area contributed by atoms with Gasteiger partial charge in [-0.15, -0.1) is 0 Å². The lowest BCUT2D eigenvalue weighted by Crippen LogP contribution is -2.20. The van der Waals surface area contributed by atoms with Gasteiger partial charge in [-0.05, 0) is 24.1 Å². The Bertz CT molecular complexity index is 900. The molecule has 6 nitrogen and oxygen atoms in total. The van der Waals surface area contributed by atoms with Crippen molar-refractivity contribution < 1.29 is 14.5 Å². The second kappa shape index (κ2) is 5.19. The van der Waals surface area contributed by atoms with E-state index in [1.165, 1.54) is 12.1 Å². The summed E-state index contributed by atoms with van der Waals surface area (Å²) in [7, 11) is 0. The number of nitrogens with zero attached hydrogens (tertiary/aromatic N) is 1. The number of esters is 1. The van der Waals surface area contributed by atoms with Crippen LogP contribution in [0, 0.1) is 17.0 Å². The van der Waals surface area contributed by atoms with E-state index in [4.69, 9.17) is 4.74 Å². The molecule has 1 N–H and O–H groups in total. The average Bonchev–Trinajstić information content (AvgIpc) is 2.94. The van der Waals surface area contributed by atoms with E-state index in [2.05, 4.69) is 5.32 Å². The van der Waals surface area contributed by atoms with Crippen LogP contribution in [0.2, 0.25) is 0 Å². The third kappa shape index (κ3) is 2.15. The molecule has 0 amide bonds. The molecule has 4 rings (SSSR count). The lowest BCUT2D eigenvalue weighted by Gasteiger charge is -2.27. The Kier molecular flexibility index (Phi) is 3.13. The Morgan fingerprint density at radius 2 is 1.96 bits per heavy atom. The van der Waals surface area contributed by atoms with E-state index in [1.807, 2.05) is 25.1 Å². The third-order valence-electron chi connectivity index (χ3n) is 4.42. The Morgan fingerprint density at radius 3 is 2.67 bits per heavy atom. The third-order valence-corrected chi connectivity index (χ3v) is 4.42. The summed E-state index contributed by atoms with van der Waals surface area (Å²) in [6.07, 6.45) is 0. The van der Waals surface area contributed by atoms with Gasteiger partial charge in [0.15, 0.2) is 0 Å². The number of fused-ring (bicyclic) bond motifs is 1. The summed E-state index contributed by atoms with van der Waals surface area (Å²) in [5, 5.41) is 14.1. The standard InChI is InChI=1S/C18H14N2O4/c1-10-2-7-14-13(8-10)16(17-15(19-14)9-24-18(17)21)11-3-5-12(6-4-11)20(22)23/h2-8,16,19H,9H2,1H3. The maximum absolute atomic E-state index is 12.2. The second-order valence-electron chi connectivity index (χ2n) is 5.97. The molecule has 0 radical (unpaired) electrons. The molecule has 1 atom stereocenters. The first-order valence-electron chi connectivity index (χ1n) is 7.56. The molecule has 0 spiro atoms. The predicted octanol–water partition coefficient (Wildman–Crippen LogP) is 3.27. The van der Waals surface area contributed by atoms with E-state index in [9.17, 15) is 14.9 Å². The number of hydrogen-bond donors (Lipinski definition) is 1. The Hall–Kier alpha value is -3.15. The van der Waals surface area contributed by atoms with Crippen LogP contribution in [0.5, 0.6) is 0 Å². The van der Waals surface area contributed by atoms with Gasteiger partial charge in [-0.25, -0.2) is 4.79 Å². The van der Waals surface area contributed by atoms with Gasteiger partial charge in [0.2, 0.25) is 0 Å². The van der Waals surface area contributed by atoms with E-state index in [0.29, 0.717) is 5.57 Å². The zero-order chi connectivity index (χ0) is 16.8. The number of benzene rings is 2. The fourth-order valence-corrected chi connectivity index (χ4v) is 3.30. The SMILES string of the molecule is Cc1ccc2c(c1)C(c1ccc([N+](=O)[O-])cc1)C1=C(COC1=O)N2. The highest BCUT2D eigenvalue weighted by atomic mass is 16.6. The zero-order valence-electron chi connectivity index (χ0n) is 12.9. The van der Waals surface area contributed by atoms with Crippen molar-refractivity contribution in [1.82, 2.24) is 0 Å². The molecule has 0 fully saturated rings. The number of cyclic esters (lactones) is 1. The van der Waals surface area contributed by atoms with Gasteiger partial charge in [0.25, 0.3) is 5.69 Å². The second-order valence-corrected chi connectivity index (χ2v) is 5.97. The first kappa shape index (κ1) is 14.4. The molecule has 2 aromatic carbocycles. The number of hydrogen-bond acceptors (Lipinski definition) is 5. The van der Waals surface area contributed by atoms with E-state index in [0.717, 1.165) is 28.1 Å². The van der Waals surface area contributed by atoms with Gasteiger partial charge in [-0.2, -0.15) is 0 Å². The van der Waals surface area contributed by atoms with Crippen LogP contribution in [0.25, 0.3) is 0 Å². The van der Waals surface area contributed by atoms with Crippen LogP contribution in [0.1, 0.15) is 22.6 Å². The molecule has 120 valence electrons. The largest absolute Gasteiger partial charge is 0.456 e. The van der Waals surface area contributed by atoms with Crippen LogP contribution in [0.15, 0.2) is 53.7 Å². The minimum absolute atomic E-state index is 0.0281. The Balaban J connectivity index is 1.89. The molecule has 0 aromatic heterocycles. The highest BCUT2D eigenvalue weighted by Crippen LogP contribution is 2.44. The van der Waals surface area contributed by atoms with Gasteiger partial charge in [0.05, 0.1) is 16.2 Å². The normalized spacial score (nSPS) is 18.5. The number of aryl methyl sites for hydroxylation is 1. The molecule has 2 aromatic rings. The van der Waals surface area contributed by atoms with Gasteiger partial charge >= 0.3 is 5.97 Å². The first-order chi connectivity index (χ1) is 11.5. The molecular formula is C18H14N2O4. The van der Waals surface area contributed by atoms with Crippen molar-refractivity contribution >= 4 is 17.3 Å². The van der Waals surface area contributed by atoms with Gasteiger partial charge in [0, 0.05) is 23.7 Å². The van der Waals surface area contributed by atoms with E-state index < -0.39 is 4.92 Å². The molecule has 24 heavy (non-hydrogen) atoms. The fraction of sp³-hybridized carbons (Fsp3) is 0.167. The number of nitrogens with one attached hydrogen (secondary N) is 1. The summed E-state index contributed by atoms with van der Waals surface area (Å²) in [4.78, 5) is 22.7. The number of rotatable bonds is 2. The fourth-order valence-electron chi connectivity index (χ4n) is 3.30. The van der Waals surface area contributed by atoms with Gasteiger partial charge in [-0.1, -0.05) is 29.8 Å². The molecule has 0 aliphatic carbocycles. The number of ether oxygens (including phenoxy) is 1. The summed E-state index contributed by atoms with van der Waals surface area (Å²) in [5.74, 6) is -0.625. The first-order valence-corrected chi connectivity index (χ1v) is 7.56. The van der Waals surface area contributed by atoms with Crippen molar-refractivity contribution in [2.45, 2.75) is 12.8 Å². The van der Waals surface area contributed by atoms with Crippen LogP contribution in [0.4, 0.5) is 11.4 Å². The molecule has 6 heteroatoms. The van der Waals surface area contributed by atoms with Gasteiger partial charge in [-0.3, -0.25) is 10.1 Å². The molecule has 2 aliphatic heterocycles. The number of carbonyl (C=O) groups excluding carboxylic acids is 1. The minimum Gasteiger partial charge on any atom is -0.456 e. The number of anilines is 1. The van der Waals surface area contributed by atoms with Gasteiger partial charge < -0.3 is 10.1 Å². The smallest absolute Gasteiger partial charge is 0.337 e.